The van der Waals surface area contributed by atoms with Crippen molar-refractivity contribution in [2.24, 2.45) is 0 Å². The molecule has 0 N–H and O–H groups in total. The highest BCUT2D eigenvalue weighted by Crippen LogP contribution is 2.02. The summed E-state index contributed by atoms with van der Waals surface area (Å²) in [6.07, 6.45) is -2.41. The molecule has 0 spiro atoms. The second-order valence-corrected chi connectivity index (χ2v) is 2.97. The number of hydrogen-bond donors (Lipinski definition) is 0. The smallest absolute Gasteiger partial charge is 0.315 e. The quantitative estimate of drug-likeness (QED) is 0.572. The Morgan fingerprint density at radius 1 is 1.20 bits per heavy atom. The highest BCUT2D eigenvalue weighted by Gasteiger charge is 2.22. The summed E-state index contributed by atoms with van der Waals surface area (Å²) < 4.78 is 33.8. The molecule has 0 radical (unpaired) electrons. The molecule has 15 heavy (non-hydrogen) atoms. The number of alkyl halides is 2. The molecule has 0 aromatic rings. The summed E-state index contributed by atoms with van der Waals surface area (Å²) in [5.74, 6) is -1.15. The van der Waals surface area contributed by atoms with E-state index in [0.717, 1.165) is 4.90 Å². The molecule has 90 valence electrons. The molecule has 0 rings (SSSR count). The minimum Gasteiger partial charge on any atom is -0.385 e. The van der Waals surface area contributed by atoms with E-state index in [1.54, 1.807) is 0 Å². The first-order valence-corrected chi connectivity index (χ1v) is 4.68. The molecular formula is C9H17F2NO3. The Kier molecular flexibility index (Phi) is 8.12. The number of rotatable bonds is 8. The average molecular weight is 225 g/mol. The lowest BCUT2D eigenvalue weighted by Gasteiger charge is -2.21. The Hall–Kier alpha value is -0.750. The van der Waals surface area contributed by atoms with Gasteiger partial charge in [-0.15, -0.1) is 0 Å². The van der Waals surface area contributed by atoms with Crippen molar-refractivity contribution in [2.75, 3.05) is 40.5 Å². The van der Waals surface area contributed by atoms with Crippen LogP contribution in [0.15, 0.2) is 0 Å². The Balaban J connectivity index is 3.99. The highest BCUT2D eigenvalue weighted by molar-refractivity contribution is 5.79. The maximum absolute atomic E-state index is 12.2. The van der Waals surface area contributed by atoms with Crippen molar-refractivity contribution >= 4 is 5.91 Å². The Morgan fingerprint density at radius 2 is 1.80 bits per heavy atom. The van der Waals surface area contributed by atoms with Crippen LogP contribution >= 0.6 is 0 Å². The molecule has 0 unspecified atom stereocenters. The summed E-state index contributed by atoms with van der Waals surface area (Å²) in [6, 6.07) is 0. The molecule has 0 atom stereocenters. The molecule has 4 nitrogen and oxygen atoms in total. The van der Waals surface area contributed by atoms with Crippen molar-refractivity contribution in [3.8, 4) is 0 Å². The summed E-state index contributed by atoms with van der Waals surface area (Å²) in [7, 11) is 2.98. The van der Waals surface area contributed by atoms with Crippen LogP contribution < -0.4 is 0 Å². The zero-order valence-corrected chi connectivity index (χ0v) is 9.04. The fraction of sp³-hybridized carbons (Fsp3) is 0.889. The Labute approximate surface area is 88.1 Å². The molecule has 0 aliphatic rings. The van der Waals surface area contributed by atoms with Crippen molar-refractivity contribution in [3.63, 3.8) is 0 Å². The van der Waals surface area contributed by atoms with Gasteiger partial charge in [0.15, 0.2) is 0 Å². The van der Waals surface area contributed by atoms with Crippen molar-refractivity contribution < 1.29 is 23.0 Å². The van der Waals surface area contributed by atoms with Crippen molar-refractivity contribution in [1.82, 2.24) is 4.90 Å². The fourth-order valence-corrected chi connectivity index (χ4v) is 1.07. The largest absolute Gasteiger partial charge is 0.385 e. The summed E-state index contributed by atoms with van der Waals surface area (Å²) in [5.41, 5.74) is 0. The molecule has 0 aliphatic carbocycles. The van der Waals surface area contributed by atoms with E-state index in [1.807, 2.05) is 0 Å². The molecule has 0 saturated heterocycles. The van der Waals surface area contributed by atoms with E-state index in [2.05, 4.69) is 0 Å². The van der Waals surface area contributed by atoms with Crippen LogP contribution in [0.4, 0.5) is 8.78 Å². The van der Waals surface area contributed by atoms with Gasteiger partial charge in [-0.1, -0.05) is 0 Å². The monoisotopic (exact) mass is 225 g/mol. The molecular weight excluding hydrogens is 208 g/mol. The van der Waals surface area contributed by atoms with E-state index in [4.69, 9.17) is 9.47 Å². The molecule has 0 saturated carbocycles. The number of hydrogen-bond acceptors (Lipinski definition) is 3. The van der Waals surface area contributed by atoms with Crippen LogP contribution in [0.1, 0.15) is 6.42 Å². The van der Waals surface area contributed by atoms with E-state index < -0.39 is 12.3 Å². The standard InChI is InChI=1S/C9H17F2NO3/c1-14-6-3-4-12(5-7-15-2)9(13)8(10)11/h8H,3-7H2,1-2H3. The van der Waals surface area contributed by atoms with E-state index >= 15 is 0 Å². The summed E-state index contributed by atoms with van der Waals surface area (Å²) in [6.45, 7) is 1.15. The molecule has 0 heterocycles. The van der Waals surface area contributed by atoms with Crippen LogP contribution in [0.5, 0.6) is 0 Å². The number of nitrogens with zero attached hydrogens (tertiary/aromatic N) is 1. The normalized spacial score (nSPS) is 10.7. The first-order chi connectivity index (χ1) is 7.13. The number of ether oxygens (including phenoxy) is 2. The van der Waals surface area contributed by atoms with E-state index in [9.17, 15) is 13.6 Å². The van der Waals surface area contributed by atoms with E-state index in [0.29, 0.717) is 13.0 Å². The molecule has 0 aromatic carbocycles. The van der Waals surface area contributed by atoms with Gasteiger partial charge in [0.2, 0.25) is 0 Å². The lowest BCUT2D eigenvalue weighted by molar-refractivity contribution is -0.143. The number of carbonyl (C=O) groups is 1. The molecule has 6 heteroatoms. The number of amides is 1. The lowest BCUT2D eigenvalue weighted by atomic mass is 10.3. The van der Waals surface area contributed by atoms with Crippen molar-refractivity contribution in [1.29, 1.82) is 0 Å². The van der Waals surface area contributed by atoms with Gasteiger partial charge in [0.05, 0.1) is 6.61 Å². The van der Waals surface area contributed by atoms with Crippen LogP contribution in [0.25, 0.3) is 0 Å². The summed E-state index contributed by atoms with van der Waals surface area (Å²) in [4.78, 5) is 12.1. The molecule has 0 aliphatic heterocycles. The van der Waals surface area contributed by atoms with E-state index in [-0.39, 0.29) is 19.7 Å². The lowest BCUT2D eigenvalue weighted by Crippen LogP contribution is -2.39. The molecule has 0 bridgehead atoms. The van der Waals surface area contributed by atoms with Crippen LogP contribution in [-0.2, 0) is 14.3 Å². The predicted octanol–water partition coefficient (Wildman–Crippen LogP) is 0.763. The Morgan fingerprint density at radius 3 is 2.27 bits per heavy atom. The SMILES string of the molecule is COCCCN(CCOC)C(=O)C(F)F. The van der Waals surface area contributed by atoms with Crippen LogP contribution in [0.3, 0.4) is 0 Å². The van der Waals surface area contributed by atoms with Gasteiger partial charge in [-0.05, 0) is 6.42 Å². The topological polar surface area (TPSA) is 38.8 Å². The first-order valence-electron chi connectivity index (χ1n) is 4.68. The van der Waals surface area contributed by atoms with E-state index in [1.165, 1.54) is 14.2 Å². The molecule has 0 aromatic heterocycles. The first kappa shape index (κ1) is 14.2. The average Bonchev–Trinajstić information content (AvgIpc) is 2.22. The van der Waals surface area contributed by atoms with Crippen molar-refractivity contribution in [2.45, 2.75) is 12.8 Å². The second kappa shape index (κ2) is 8.55. The van der Waals surface area contributed by atoms with Crippen LogP contribution in [-0.4, -0.2) is 57.8 Å². The highest BCUT2D eigenvalue weighted by atomic mass is 19.3. The second-order valence-electron chi connectivity index (χ2n) is 2.97. The van der Waals surface area contributed by atoms with Gasteiger partial charge in [0.1, 0.15) is 0 Å². The fourth-order valence-electron chi connectivity index (χ4n) is 1.07. The van der Waals surface area contributed by atoms with Gasteiger partial charge in [0.25, 0.3) is 5.91 Å². The van der Waals surface area contributed by atoms with Crippen molar-refractivity contribution in [3.05, 3.63) is 0 Å². The zero-order valence-electron chi connectivity index (χ0n) is 9.04. The zero-order chi connectivity index (χ0) is 11.7. The number of halogens is 2. The van der Waals surface area contributed by atoms with Crippen LogP contribution in [0, 0.1) is 0 Å². The maximum atomic E-state index is 12.2. The number of carbonyl (C=O) groups excluding carboxylic acids is 1. The Bertz CT molecular complexity index is 179. The van der Waals surface area contributed by atoms with Gasteiger partial charge in [-0.25, -0.2) is 0 Å². The summed E-state index contributed by atoms with van der Waals surface area (Å²) in [5, 5.41) is 0. The van der Waals surface area contributed by atoms with Crippen LogP contribution in [0.2, 0.25) is 0 Å². The minimum absolute atomic E-state index is 0.184. The van der Waals surface area contributed by atoms with Gasteiger partial charge >= 0.3 is 6.43 Å². The number of methoxy groups -OCH3 is 2. The molecule has 1 amide bonds. The predicted molar refractivity (Wildman–Crippen MR) is 51.0 cm³/mol. The van der Waals surface area contributed by atoms with Gasteiger partial charge in [-0.3, -0.25) is 4.79 Å². The minimum atomic E-state index is -2.95. The van der Waals surface area contributed by atoms with Gasteiger partial charge < -0.3 is 14.4 Å². The third-order valence-corrected chi connectivity index (χ3v) is 1.84. The van der Waals surface area contributed by atoms with Gasteiger partial charge in [-0.2, -0.15) is 8.78 Å². The maximum Gasteiger partial charge on any atom is 0.315 e. The third-order valence-electron chi connectivity index (χ3n) is 1.84. The molecule has 0 fully saturated rings. The van der Waals surface area contributed by atoms with Gasteiger partial charge in [0, 0.05) is 33.9 Å². The third kappa shape index (κ3) is 6.35. The summed E-state index contributed by atoms with van der Waals surface area (Å²) >= 11 is 0.